The molecule has 0 saturated carbocycles. The van der Waals surface area contributed by atoms with Crippen molar-refractivity contribution in [2.24, 2.45) is 0 Å². The maximum Gasteiger partial charge on any atom is 0.173 e. The number of halogens is 1. The fourth-order valence-corrected chi connectivity index (χ4v) is 2.03. The van der Waals surface area contributed by atoms with Gasteiger partial charge in [0.05, 0.1) is 0 Å². The molecule has 1 aromatic rings. The summed E-state index contributed by atoms with van der Waals surface area (Å²) in [5.41, 5.74) is 2.30. The van der Waals surface area contributed by atoms with E-state index < -0.39 is 0 Å². The van der Waals surface area contributed by atoms with Gasteiger partial charge < -0.3 is 10.2 Å². The molecule has 0 amide bonds. The molecule has 0 spiro atoms. The molecule has 1 fully saturated rings. The third kappa shape index (κ3) is 1.70. The van der Waals surface area contributed by atoms with Crippen LogP contribution in [0.5, 0.6) is 0 Å². The van der Waals surface area contributed by atoms with Crippen LogP contribution in [0.25, 0.3) is 0 Å². The van der Waals surface area contributed by atoms with Gasteiger partial charge in [-0.15, -0.1) is 0 Å². The first-order valence-electron chi connectivity index (χ1n) is 4.50. The molecule has 0 radical (unpaired) electrons. The molecule has 1 aliphatic heterocycles. The SMILES string of the molecule is Cc1ccc(Cl)cc1N1CCNC1=S. The molecular weight excluding hydrogens is 216 g/mol. The number of thiocarbonyl (C=S) groups is 1. The second kappa shape index (κ2) is 3.75. The normalized spacial score (nSPS) is 15.9. The molecule has 0 bridgehead atoms. The van der Waals surface area contributed by atoms with Gasteiger partial charge in [-0.2, -0.15) is 0 Å². The van der Waals surface area contributed by atoms with E-state index in [4.69, 9.17) is 23.8 Å². The predicted octanol–water partition coefficient (Wildman–Crippen LogP) is 2.34. The lowest BCUT2D eigenvalue weighted by Gasteiger charge is -2.19. The van der Waals surface area contributed by atoms with Crippen LogP contribution in [0.4, 0.5) is 5.69 Å². The summed E-state index contributed by atoms with van der Waals surface area (Å²) in [5, 5.41) is 4.67. The number of nitrogens with one attached hydrogen (secondary N) is 1. The zero-order valence-corrected chi connectivity index (χ0v) is 9.45. The smallest absolute Gasteiger partial charge is 0.173 e. The Balaban J connectivity index is 2.39. The molecule has 0 aromatic heterocycles. The number of hydrogen-bond donors (Lipinski definition) is 1. The molecule has 14 heavy (non-hydrogen) atoms. The summed E-state index contributed by atoms with van der Waals surface area (Å²) in [6, 6.07) is 5.86. The van der Waals surface area contributed by atoms with Crippen molar-refractivity contribution in [1.29, 1.82) is 0 Å². The van der Waals surface area contributed by atoms with Crippen molar-refractivity contribution in [3.05, 3.63) is 28.8 Å². The molecule has 74 valence electrons. The van der Waals surface area contributed by atoms with E-state index in [2.05, 4.69) is 17.1 Å². The molecule has 1 saturated heterocycles. The second-order valence-electron chi connectivity index (χ2n) is 3.31. The van der Waals surface area contributed by atoms with Gasteiger partial charge in [-0.05, 0) is 36.8 Å². The van der Waals surface area contributed by atoms with Crippen molar-refractivity contribution >= 4 is 34.6 Å². The largest absolute Gasteiger partial charge is 0.360 e. The lowest BCUT2D eigenvalue weighted by Crippen LogP contribution is -2.27. The quantitative estimate of drug-likeness (QED) is 0.741. The fourth-order valence-electron chi connectivity index (χ4n) is 1.57. The molecule has 2 nitrogen and oxygen atoms in total. The van der Waals surface area contributed by atoms with Gasteiger partial charge >= 0.3 is 0 Å². The zero-order valence-electron chi connectivity index (χ0n) is 7.88. The maximum atomic E-state index is 5.95. The average Bonchev–Trinajstić information content (AvgIpc) is 2.56. The Morgan fingerprint density at radius 2 is 2.29 bits per heavy atom. The second-order valence-corrected chi connectivity index (χ2v) is 4.14. The maximum absolute atomic E-state index is 5.95. The Bertz CT molecular complexity index is 378. The molecule has 1 heterocycles. The molecule has 1 N–H and O–H groups in total. The summed E-state index contributed by atoms with van der Waals surface area (Å²) < 4.78 is 0. The van der Waals surface area contributed by atoms with E-state index in [1.807, 2.05) is 18.2 Å². The number of benzene rings is 1. The van der Waals surface area contributed by atoms with E-state index in [1.165, 1.54) is 5.56 Å². The van der Waals surface area contributed by atoms with Crippen molar-refractivity contribution < 1.29 is 0 Å². The highest BCUT2D eigenvalue weighted by atomic mass is 35.5. The summed E-state index contributed by atoms with van der Waals surface area (Å²) in [7, 11) is 0. The van der Waals surface area contributed by atoms with Gasteiger partial charge in [0, 0.05) is 23.8 Å². The molecule has 0 unspecified atom stereocenters. The number of anilines is 1. The van der Waals surface area contributed by atoms with Crippen molar-refractivity contribution in [3.8, 4) is 0 Å². The van der Waals surface area contributed by atoms with Gasteiger partial charge in [-0.1, -0.05) is 17.7 Å². The van der Waals surface area contributed by atoms with Crippen molar-refractivity contribution in [1.82, 2.24) is 5.32 Å². The Morgan fingerprint density at radius 1 is 1.50 bits per heavy atom. The molecule has 4 heteroatoms. The van der Waals surface area contributed by atoms with E-state index in [0.29, 0.717) is 0 Å². The van der Waals surface area contributed by atoms with E-state index in [9.17, 15) is 0 Å². The Morgan fingerprint density at radius 3 is 2.93 bits per heavy atom. The Labute approximate surface area is 93.9 Å². The zero-order chi connectivity index (χ0) is 10.1. The van der Waals surface area contributed by atoms with Crippen LogP contribution in [0.1, 0.15) is 5.56 Å². The molecule has 0 aliphatic carbocycles. The van der Waals surface area contributed by atoms with Crippen LogP contribution >= 0.6 is 23.8 Å². The molecule has 0 atom stereocenters. The topological polar surface area (TPSA) is 15.3 Å². The summed E-state index contributed by atoms with van der Waals surface area (Å²) in [6.07, 6.45) is 0. The average molecular weight is 227 g/mol. The third-order valence-corrected chi connectivity index (χ3v) is 2.92. The lowest BCUT2D eigenvalue weighted by molar-refractivity contribution is 0.973. The standard InChI is InChI=1S/C10H11ClN2S/c1-7-2-3-8(11)6-9(7)13-5-4-12-10(13)14/h2-3,6H,4-5H2,1H3,(H,12,14). The summed E-state index contributed by atoms with van der Waals surface area (Å²) in [4.78, 5) is 2.08. The van der Waals surface area contributed by atoms with Crippen LogP contribution in [0.3, 0.4) is 0 Å². The number of nitrogens with zero attached hydrogens (tertiary/aromatic N) is 1. The van der Waals surface area contributed by atoms with Crippen molar-refractivity contribution in [2.75, 3.05) is 18.0 Å². The summed E-state index contributed by atoms with van der Waals surface area (Å²) in [5.74, 6) is 0. The summed E-state index contributed by atoms with van der Waals surface area (Å²) in [6.45, 7) is 3.89. The van der Waals surface area contributed by atoms with Gasteiger partial charge in [-0.25, -0.2) is 0 Å². The van der Waals surface area contributed by atoms with E-state index in [1.54, 1.807) is 0 Å². The number of rotatable bonds is 1. The van der Waals surface area contributed by atoms with Gasteiger partial charge in [0.1, 0.15) is 0 Å². The number of aryl methyl sites for hydroxylation is 1. The van der Waals surface area contributed by atoms with E-state index in [-0.39, 0.29) is 0 Å². The van der Waals surface area contributed by atoms with Crippen LogP contribution < -0.4 is 10.2 Å². The molecule has 1 aromatic carbocycles. The minimum absolute atomic E-state index is 0.750. The molecule has 2 rings (SSSR count). The van der Waals surface area contributed by atoms with E-state index in [0.717, 1.165) is 28.9 Å². The van der Waals surface area contributed by atoms with Crippen LogP contribution in [-0.4, -0.2) is 18.2 Å². The minimum atomic E-state index is 0.750. The van der Waals surface area contributed by atoms with Gasteiger partial charge in [0.25, 0.3) is 0 Å². The first-order chi connectivity index (χ1) is 6.68. The van der Waals surface area contributed by atoms with Gasteiger partial charge in [0.2, 0.25) is 0 Å². The Kier molecular flexibility index (Phi) is 2.61. The summed E-state index contributed by atoms with van der Waals surface area (Å²) >= 11 is 11.1. The van der Waals surface area contributed by atoms with Gasteiger partial charge in [0.15, 0.2) is 5.11 Å². The van der Waals surface area contributed by atoms with Crippen LogP contribution in [0.15, 0.2) is 18.2 Å². The minimum Gasteiger partial charge on any atom is -0.360 e. The lowest BCUT2D eigenvalue weighted by atomic mass is 10.2. The fraction of sp³-hybridized carbons (Fsp3) is 0.300. The highest BCUT2D eigenvalue weighted by molar-refractivity contribution is 7.80. The van der Waals surface area contributed by atoms with Gasteiger partial charge in [-0.3, -0.25) is 0 Å². The van der Waals surface area contributed by atoms with Crippen LogP contribution in [0, 0.1) is 6.92 Å². The number of hydrogen-bond acceptors (Lipinski definition) is 1. The Hall–Kier alpha value is -0.800. The molecular formula is C10H11ClN2S. The predicted molar refractivity (Wildman–Crippen MR) is 64.1 cm³/mol. The monoisotopic (exact) mass is 226 g/mol. The first kappa shape index (κ1) is 9.74. The van der Waals surface area contributed by atoms with Crippen molar-refractivity contribution in [2.45, 2.75) is 6.92 Å². The highest BCUT2D eigenvalue weighted by Crippen LogP contribution is 2.25. The van der Waals surface area contributed by atoms with Crippen LogP contribution in [0.2, 0.25) is 5.02 Å². The molecule has 1 aliphatic rings. The van der Waals surface area contributed by atoms with E-state index >= 15 is 0 Å². The third-order valence-electron chi connectivity index (χ3n) is 2.32. The highest BCUT2D eigenvalue weighted by Gasteiger charge is 2.19. The van der Waals surface area contributed by atoms with Crippen LogP contribution in [-0.2, 0) is 0 Å². The first-order valence-corrected chi connectivity index (χ1v) is 5.28. The van der Waals surface area contributed by atoms with Crippen molar-refractivity contribution in [3.63, 3.8) is 0 Å².